The second-order valence-corrected chi connectivity index (χ2v) is 11.2. The molecule has 0 aromatic heterocycles. The van der Waals surface area contributed by atoms with Crippen LogP contribution in [0.4, 0.5) is 0 Å². The minimum absolute atomic E-state index is 0.0484. The maximum Gasteiger partial charge on any atom is 0.308 e. The lowest BCUT2D eigenvalue weighted by Gasteiger charge is -2.30. The number of carboxylic acids is 1. The number of rotatable bonds is 14. The molecule has 0 bridgehead atoms. The Hall–Kier alpha value is -3.66. The van der Waals surface area contributed by atoms with Crippen LogP contribution in [-0.4, -0.2) is 79.7 Å². The molecule has 1 fully saturated rings. The van der Waals surface area contributed by atoms with E-state index in [2.05, 4.69) is 18.7 Å². The summed E-state index contributed by atoms with van der Waals surface area (Å²) in [4.78, 5) is 30.7. The van der Waals surface area contributed by atoms with Crippen LogP contribution < -0.4 is 23.7 Å². The number of hydrogen-bond donors (Lipinski definition) is 1. The summed E-state index contributed by atoms with van der Waals surface area (Å²) in [6, 6.07) is 9.12. The molecule has 3 heterocycles. The normalized spacial score (nSPS) is 20.6. The molecule has 3 aliphatic heterocycles. The predicted octanol–water partition coefficient (Wildman–Crippen LogP) is 4.68. The van der Waals surface area contributed by atoms with Crippen molar-refractivity contribution in [1.82, 2.24) is 9.80 Å². The van der Waals surface area contributed by atoms with Crippen LogP contribution in [0.2, 0.25) is 0 Å². The van der Waals surface area contributed by atoms with Gasteiger partial charge in [0.1, 0.15) is 0 Å². The first-order chi connectivity index (χ1) is 20.4. The number of amides is 1. The Morgan fingerprint density at radius 3 is 2.40 bits per heavy atom. The Morgan fingerprint density at radius 2 is 1.71 bits per heavy atom. The highest BCUT2D eigenvalue weighted by atomic mass is 16.7. The number of carbonyl (C=O) groups is 2. The van der Waals surface area contributed by atoms with Gasteiger partial charge in [-0.1, -0.05) is 38.8 Å². The number of fused-ring (bicyclic) bond motifs is 2. The second kappa shape index (κ2) is 13.5. The molecule has 0 spiro atoms. The summed E-state index contributed by atoms with van der Waals surface area (Å²) in [5, 5.41) is 10.6. The van der Waals surface area contributed by atoms with Crippen molar-refractivity contribution in [3.8, 4) is 28.7 Å². The van der Waals surface area contributed by atoms with E-state index in [4.69, 9.17) is 23.7 Å². The summed E-state index contributed by atoms with van der Waals surface area (Å²) < 4.78 is 28.1. The number of aryl methyl sites for hydroxylation is 1. The number of likely N-dealkylation sites (tertiary alicyclic amines) is 1. The minimum Gasteiger partial charge on any atom is -0.493 e. The molecule has 3 aliphatic rings. The maximum absolute atomic E-state index is 13.7. The Morgan fingerprint density at radius 1 is 1.00 bits per heavy atom. The first-order valence-electron chi connectivity index (χ1n) is 15.0. The molecular formula is C32H42N2O8. The van der Waals surface area contributed by atoms with Crippen LogP contribution in [0, 0.1) is 5.92 Å². The highest BCUT2D eigenvalue weighted by molar-refractivity contribution is 5.79. The number of para-hydroxylation sites is 1. The van der Waals surface area contributed by atoms with Gasteiger partial charge in [-0.25, -0.2) is 0 Å². The number of carboxylic acid groups (broad SMARTS) is 1. The molecule has 0 radical (unpaired) electrons. The van der Waals surface area contributed by atoms with Gasteiger partial charge in [0.25, 0.3) is 0 Å². The monoisotopic (exact) mass is 582 g/mol. The minimum atomic E-state index is -0.886. The van der Waals surface area contributed by atoms with Gasteiger partial charge in [0.05, 0.1) is 19.6 Å². The van der Waals surface area contributed by atoms with Crippen LogP contribution >= 0.6 is 0 Å². The van der Waals surface area contributed by atoms with E-state index in [1.165, 1.54) is 0 Å². The van der Waals surface area contributed by atoms with Crippen molar-refractivity contribution >= 4 is 11.9 Å². The average Bonchev–Trinajstić information content (AvgIpc) is 3.74. The van der Waals surface area contributed by atoms with Gasteiger partial charge in [0.2, 0.25) is 25.2 Å². The molecule has 1 saturated heterocycles. The molecule has 0 saturated carbocycles. The smallest absolute Gasteiger partial charge is 0.308 e. The van der Waals surface area contributed by atoms with Gasteiger partial charge >= 0.3 is 5.97 Å². The van der Waals surface area contributed by atoms with Crippen LogP contribution in [0.1, 0.15) is 63.0 Å². The molecule has 42 heavy (non-hydrogen) atoms. The molecule has 10 heteroatoms. The molecule has 3 atom stereocenters. The number of unbranched alkanes of at least 4 members (excludes halogenated alkanes) is 2. The number of hydrogen-bond acceptors (Lipinski definition) is 8. The largest absolute Gasteiger partial charge is 0.493 e. The summed E-state index contributed by atoms with van der Waals surface area (Å²) in [6.45, 7) is 6.53. The van der Waals surface area contributed by atoms with E-state index < -0.39 is 11.9 Å². The van der Waals surface area contributed by atoms with E-state index in [1.807, 2.05) is 35.2 Å². The standard InChI is InChI=1S/C32H42N2O8/c1-4-6-13-33(14-7-5-2)28(35)18-34-17-23(22-15-26(38-3)31-27(16-22)40-20-42-31)29(32(36)37)24(34)12-11-21-9-8-10-25-30(21)41-19-39-25/h8-10,15-16,23-24,29H,4-7,11-14,17-20H2,1-3H3,(H,36,37)/t23-,24+,29?/m1/s1. The van der Waals surface area contributed by atoms with E-state index in [0.717, 1.165) is 36.8 Å². The summed E-state index contributed by atoms with van der Waals surface area (Å²) >= 11 is 0. The van der Waals surface area contributed by atoms with Gasteiger partial charge in [-0.2, -0.15) is 0 Å². The number of ether oxygens (including phenoxy) is 5. The van der Waals surface area contributed by atoms with E-state index in [0.29, 0.717) is 61.2 Å². The zero-order chi connectivity index (χ0) is 29.6. The third kappa shape index (κ3) is 6.23. The summed E-state index contributed by atoms with van der Waals surface area (Å²) in [7, 11) is 1.56. The molecule has 0 aliphatic carbocycles. The molecule has 2 aromatic rings. The van der Waals surface area contributed by atoms with Crippen molar-refractivity contribution in [1.29, 1.82) is 0 Å². The van der Waals surface area contributed by atoms with Crippen molar-refractivity contribution in [2.45, 2.75) is 64.3 Å². The highest BCUT2D eigenvalue weighted by Crippen LogP contribution is 2.47. The fourth-order valence-electron chi connectivity index (χ4n) is 6.38. The Labute approximate surface area is 247 Å². The highest BCUT2D eigenvalue weighted by Gasteiger charge is 2.47. The zero-order valence-corrected chi connectivity index (χ0v) is 24.8. The van der Waals surface area contributed by atoms with Crippen molar-refractivity contribution in [3.05, 3.63) is 41.5 Å². The fraction of sp³-hybridized carbons (Fsp3) is 0.562. The van der Waals surface area contributed by atoms with Crippen LogP contribution in [0.3, 0.4) is 0 Å². The Bertz CT molecular complexity index is 1260. The molecule has 5 rings (SSSR count). The van der Waals surface area contributed by atoms with Gasteiger partial charge in [0, 0.05) is 31.6 Å². The zero-order valence-electron chi connectivity index (χ0n) is 24.8. The molecule has 1 unspecified atom stereocenters. The van der Waals surface area contributed by atoms with E-state index in [9.17, 15) is 14.7 Å². The fourth-order valence-corrected chi connectivity index (χ4v) is 6.38. The third-order valence-corrected chi connectivity index (χ3v) is 8.58. The van der Waals surface area contributed by atoms with Crippen molar-refractivity contribution < 1.29 is 38.4 Å². The number of aliphatic carboxylic acids is 1. The van der Waals surface area contributed by atoms with Gasteiger partial charge in [-0.15, -0.1) is 0 Å². The Kier molecular flexibility index (Phi) is 9.62. The lowest BCUT2D eigenvalue weighted by Crippen LogP contribution is -2.44. The van der Waals surface area contributed by atoms with Crippen LogP contribution in [-0.2, 0) is 16.0 Å². The van der Waals surface area contributed by atoms with Gasteiger partial charge in [-0.3, -0.25) is 14.5 Å². The maximum atomic E-state index is 13.7. The first-order valence-corrected chi connectivity index (χ1v) is 15.0. The third-order valence-electron chi connectivity index (χ3n) is 8.58. The number of carbonyl (C=O) groups excluding carboxylic acids is 1. The lowest BCUT2D eigenvalue weighted by atomic mass is 9.83. The summed E-state index contributed by atoms with van der Waals surface area (Å²) in [6.07, 6.45) is 5.04. The lowest BCUT2D eigenvalue weighted by molar-refractivity contribution is -0.143. The Balaban J connectivity index is 1.45. The summed E-state index contributed by atoms with van der Waals surface area (Å²) in [5.41, 5.74) is 1.77. The average molecular weight is 583 g/mol. The molecule has 1 amide bonds. The molecule has 2 aromatic carbocycles. The SMILES string of the molecule is CCCCN(CCCC)C(=O)CN1C[C@H](c2cc(OC)c3c(c2)OCO3)C(C(=O)O)[C@@H]1CCc1cccc2c1OCO2. The summed E-state index contributed by atoms with van der Waals surface area (Å²) in [5.74, 6) is 1.05. The molecule has 1 N–H and O–H groups in total. The van der Waals surface area contributed by atoms with E-state index in [1.54, 1.807) is 7.11 Å². The van der Waals surface area contributed by atoms with E-state index >= 15 is 0 Å². The van der Waals surface area contributed by atoms with Gasteiger partial charge < -0.3 is 33.7 Å². The van der Waals surface area contributed by atoms with E-state index in [-0.39, 0.29) is 38.0 Å². The van der Waals surface area contributed by atoms with Gasteiger partial charge in [-0.05, 0) is 55.0 Å². The second-order valence-electron chi connectivity index (χ2n) is 11.2. The van der Waals surface area contributed by atoms with Gasteiger partial charge in [0.15, 0.2) is 23.0 Å². The number of methoxy groups -OCH3 is 1. The molecular weight excluding hydrogens is 540 g/mol. The van der Waals surface area contributed by atoms with Crippen LogP contribution in [0.25, 0.3) is 0 Å². The van der Waals surface area contributed by atoms with Crippen LogP contribution in [0.5, 0.6) is 28.7 Å². The predicted molar refractivity (Wildman–Crippen MR) is 156 cm³/mol. The van der Waals surface area contributed by atoms with Crippen molar-refractivity contribution in [2.75, 3.05) is 46.9 Å². The first kappa shape index (κ1) is 29.8. The molecule has 228 valence electrons. The number of nitrogens with zero attached hydrogens (tertiary/aromatic N) is 2. The quantitative estimate of drug-likeness (QED) is 0.340. The number of benzene rings is 2. The topological polar surface area (TPSA) is 107 Å². The van der Waals surface area contributed by atoms with Crippen molar-refractivity contribution in [2.24, 2.45) is 5.92 Å². The van der Waals surface area contributed by atoms with Crippen LogP contribution in [0.15, 0.2) is 30.3 Å². The molecule has 10 nitrogen and oxygen atoms in total. The van der Waals surface area contributed by atoms with Crippen molar-refractivity contribution in [3.63, 3.8) is 0 Å².